The molecule has 2 aromatic rings. The zero-order valence-corrected chi connectivity index (χ0v) is 18.9. The molecule has 0 bridgehead atoms. The van der Waals surface area contributed by atoms with Gasteiger partial charge in [0.05, 0.1) is 17.9 Å². The van der Waals surface area contributed by atoms with Gasteiger partial charge in [-0.25, -0.2) is 4.90 Å². The minimum atomic E-state index is -0.312. The van der Waals surface area contributed by atoms with Crippen LogP contribution in [0.15, 0.2) is 48.2 Å². The Bertz CT molecular complexity index is 1040. The second-order valence-electron chi connectivity index (χ2n) is 8.23. The fourth-order valence-corrected chi connectivity index (χ4v) is 4.40. The fraction of sp³-hybridized carbons (Fsp3) is 0.360. The number of halogens is 1. The number of benzene rings is 2. The molecule has 1 saturated heterocycles. The molecular weight excluding hydrogens is 412 g/mol. The van der Waals surface area contributed by atoms with Gasteiger partial charge in [-0.1, -0.05) is 36.7 Å². The van der Waals surface area contributed by atoms with Crippen molar-refractivity contribution in [2.45, 2.75) is 33.6 Å². The predicted octanol–water partition coefficient (Wildman–Crippen LogP) is 5.06. The van der Waals surface area contributed by atoms with Crippen molar-refractivity contribution in [3.05, 3.63) is 64.3 Å². The first-order valence-corrected chi connectivity index (χ1v) is 11.2. The Kier molecular flexibility index (Phi) is 6.05. The lowest BCUT2D eigenvalue weighted by molar-refractivity contribution is -0.120. The molecule has 5 nitrogen and oxygen atoms in total. The second-order valence-corrected chi connectivity index (χ2v) is 8.66. The van der Waals surface area contributed by atoms with Crippen LogP contribution in [0.1, 0.15) is 37.8 Å². The lowest BCUT2D eigenvalue weighted by atomic mass is 9.97. The predicted molar refractivity (Wildman–Crippen MR) is 123 cm³/mol. The number of hydrogen-bond donors (Lipinski definition) is 0. The maximum absolute atomic E-state index is 13.7. The largest absolute Gasteiger partial charge is 0.494 e. The summed E-state index contributed by atoms with van der Waals surface area (Å²) in [6.45, 7) is 8.12. The van der Waals surface area contributed by atoms with Crippen LogP contribution < -0.4 is 9.64 Å². The van der Waals surface area contributed by atoms with Crippen LogP contribution in [0.4, 0.5) is 5.69 Å². The maximum Gasteiger partial charge on any atom is 0.282 e. The zero-order valence-electron chi connectivity index (χ0n) is 18.2. The number of nitrogens with zero attached hydrogens (tertiary/aromatic N) is 2. The normalized spacial score (nSPS) is 17.7. The molecule has 0 atom stereocenters. The molecule has 0 radical (unpaired) electrons. The van der Waals surface area contributed by atoms with Crippen LogP contribution in [0.25, 0.3) is 5.57 Å². The maximum atomic E-state index is 13.7. The summed E-state index contributed by atoms with van der Waals surface area (Å²) in [6.07, 6.45) is 2.00. The second kappa shape index (κ2) is 8.75. The Labute approximate surface area is 188 Å². The Morgan fingerprint density at radius 1 is 1.03 bits per heavy atom. The van der Waals surface area contributed by atoms with E-state index in [1.54, 1.807) is 12.1 Å². The van der Waals surface area contributed by atoms with E-state index in [4.69, 9.17) is 16.3 Å². The van der Waals surface area contributed by atoms with Crippen molar-refractivity contribution in [1.29, 1.82) is 0 Å². The number of imide groups is 1. The van der Waals surface area contributed by atoms with Crippen LogP contribution in [0.5, 0.6) is 5.75 Å². The molecule has 2 aromatic carbocycles. The summed E-state index contributed by atoms with van der Waals surface area (Å²) in [4.78, 5) is 30.7. The number of carbonyl (C=O) groups is 2. The Hall–Kier alpha value is -2.79. The Morgan fingerprint density at radius 3 is 2.35 bits per heavy atom. The molecule has 2 aliphatic heterocycles. The summed E-state index contributed by atoms with van der Waals surface area (Å²) in [6, 6.07) is 12.7. The Balaban J connectivity index is 1.80. The molecule has 162 valence electrons. The third-order valence-corrected chi connectivity index (χ3v) is 6.26. The van der Waals surface area contributed by atoms with Gasteiger partial charge < -0.3 is 9.64 Å². The first-order chi connectivity index (χ1) is 14.9. The van der Waals surface area contributed by atoms with Gasteiger partial charge in [-0.2, -0.15) is 0 Å². The smallest absolute Gasteiger partial charge is 0.282 e. The van der Waals surface area contributed by atoms with Gasteiger partial charge in [-0.15, -0.1) is 0 Å². The van der Waals surface area contributed by atoms with E-state index in [-0.39, 0.29) is 11.8 Å². The quantitative estimate of drug-likeness (QED) is 0.612. The molecule has 0 spiro atoms. The highest BCUT2D eigenvalue weighted by molar-refractivity contribution is 6.45. The third-order valence-electron chi connectivity index (χ3n) is 6.03. The van der Waals surface area contributed by atoms with Crippen molar-refractivity contribution in [3.8, 4) is 5.75 Å². The third kappa shape index (κ3) is 4.07. The van der Waals surface area contributed by atoms with Crippen LogP contribution in [0.3, 0.4) is 0 Å². The summed E-state index contributed by atoms with van der Waals surface area (Å²) >= 11 is 6.21. The van der Waals surface area contributed by atoms with E-state index < -0.39 is 0 Å². The van der Waals surface area contributed by atoms with Gasteiger partial charge in [0, 0.05) is 18.1 Å². The lowest BCUT2D eigenvalue weighted by Crippen LogP contribution is -2.38. The first-order valence-electron chi connectivity index (χ1n) is 10.8. The van der Waals surface area contributed by atoms with Crippen LogP contribution in [-0.4, -0.2) is 36.4 Å². The van der Waals surface area contributed by atoms with Gasteiger partial charge in [0.15, 0.2) is 0 Å². The number of amides is 2. The molecule has 0 saturated carbocycles. The molecule has 6 heteroatoms. The first kappa shape index (κ1) is 21.4. The molecule has 2 heterocycles. The molecule has 2 aliphatic rings. The molecule has 0 aromatic heterocycles. The van der Waals surface area contributed by atoms with Crippen LogP contribution >= 0.6 is 11.6 Å². The molecule has 1 fully saturated rings. The van der Waals surface area contributed by atoms with Gasteiger partial charge in [0.2, 0.25) is 0 Å². The van der Waals surface area contributed by atoms with Crippen LogP contribution in [0, 0.1) is 12.8 Å². The number of likely N-dealkylation sites (tertiary alicyclic amines) is 1. The van der Waals surface area contributed by atoms with Gasteiger partial charge >= 0.3 is 0 Å². The number of piperidine rings is 1. The Morgan fingerprint density at radius 2 is 1.71 bits per heavy atom. The number of hydrogen-bond acceptors (Lipinski definition) is 4. The molecule has 0 aliphatic carbocycles. The van der Waals surface area contributed by atoms with Crippen LogP contribution in [-0.2, 0) is 9.59 Å². The highest BCUT2D eigenvalue weighted by atomic mass is 35.5. The van der Waals surface area contributed by atoms with Crippen molar-refractivity contribution in [3.63, 3.8) is 0 Å². The van der Waals surface area contributed by atoms with E-state index in [0.29, 0.717) is 34.5 Å². The van der Waals surface area contributed by atoms with Gasteiger partial charge in [0.1, 0.15) is 11.4 Å². The number of ether oxygens (including phenoxy) is 1. The van der Waals surface area contributed by atoms with Gasteiger partial charge in [0.25, 0.3) is 11.8 Å². The van der Waals surface area contributed by atoms with Crippen molar-refractivity contribution >= 4 is 34.7 Å². The van der Waals surface area contributed by atoms with E-state index >= 15 is 0 Å². The summed E-state index contributed by atoms with van der Waals surface area (Å²) in [5.74, 6) is 0.755. The molecule has 4 rings (SSSR count). The number of anilines is 1. The van der Waals surface area contributed by atoms with Crippen molar-refractivity contribution < 1.29 is 14.3 Å². The van der Waals surface area contributed by atoms with Crippen LogP contribution in [0.2, 0.25) is 5.02 Å². The highest BCUT2D eigenvalue weighted by Gasteiger charge is 2.43. The van der Waals surface area contributed by atoms with E-state index in [0.717, 1.165) is 42.8 Å². The zero-order chi connectivity index (χ0) is 22.1. The van der Waals surface area contributed by atoms with Gasteiger partial charge in [-0.05, 0) is 68.0 Å². The van der Waals surface area contributed by atoms with Crippen molar-refractivity contribution in [2.75, 3.05) is 24.6 Å². The average Bonchev–Trinajstić information content (AvgIpc) is 3.01. The minimum absolute atomic E-state index is 0.284. The monoisotopic (exact) mass is 438 g/mol. The standard InChI is InChI=1S/C25H27ClN2O3/c1-4-31-20-9-6-18(7-10-20)22-23(27-13-11-16(2)12-14-27)25(30)28(24(22)29)21-15-19(26)8-5-17(21)3/h5-10,15-16H,4,11-14H2,1-3H3. The molecule has 31 heavy (non-hydrogen) atoms. The van der Waals surface area contributed by atoms with Crippen molar-refractivity contribution in [2.24, 2.45) is 5.92 Å². The SMILES string of the molecule is CCOc1ccc(C2=C(N3CCC(C)CC3)C(=O)N(c3cc(Cl)ccc3C)C2=O)cc1. The van der Waals surface area contributed by atoms with Crippen molar-refractivity contribution in [1.82, 2.24) is 4.90 Å². The summed E-state index contributed by atoms with van der Waals surface area (Å²) in [7, 11) is 0. The summed E-state index contributed by atoms with van der Waals surface area (Å²) < 4.78 is 5.54. The van der Waals surface area contributed by atoms with E-state index in [1.165, 1.54) is 4.90 Å². The average molecular weight is 439 g/mol. The van der Waals surface area contributed by atoms with E-state index in [2.05, 4.69) is 11.8 Å². The summed E-state index contributed by atoms with van der Waals surface area (Å²) in [5.41, 5.74) is 3.01. The summed E-state index contributed by atoms with van der Waals surface area (Å²) in [5, 5.41) is 0.490. The van der Waals surface area contributed by atoms with E-state index in [9.17, 15) is 9.59 Å². The number of aryl methyl sites for hydroxylation is 1. The highest BCUT2D eigenvalue weighted by Crippen LogP contribution is 2.38. The molecule has 0 unspecified atom stereocenters. The van der Waals surface area contributed by atoms with E-state index in [1.807, 2.05) is 44.2 Å². The lowest BCUT2D eigenvalue weighted by Gasteiger charge is -2.32. The number of rotatable bonds is 5. The van der Waals surface area contributed by atoms with Gasteiger partial charge in [-0.3, -0.25) is 9.59 Å². The fourth-order valence-electron chi connectivity index (χ4n) is 4.23. The molecular formula is C25H27ClN2O3. The molecule has 2 amide bonds. The minimum Gasteiger partial charge on any atom is -0.494 e. The molecule has 0 N–H and O–H groups in total. The number of carbonyl (C=O) groups excluding carboxylic acids is 2. The topological polar surface area (TPSA) is 49.9 Å².